The molecule has 2 N–H and O–H groups in total. The summed E-state index contributed by atoms with van der Waals surface area (Å²) in [5.74, 6) is 0.865. The van der Waals surface area contributed by atoms with E-state index < -0.39 is 0 Å². The van der Waals surface area contributed by atoms with Gasteiger partial charge < -0.3 is 15.4 Å². The lowest BCUT2D eigenvalue weighted by Gasteiger charge is -2.29. The van der Waals surface area contributed by atoms with E-state index in [1.54, 1.807) is 4.90 Å². The van der Waals surface area contributed by atoms with Crippen molar-refractivity contribution < 1.29 is 9.53 Å². The third-order valence-electron chi connectivity index (χ3n) is 3.32. The topological polar surface area (TPSA) is 55.6 Å². The van der Waals surface area contributed by atoms with Crippen LogP contribution in [0.3, 0.4) is 0 Å². The second-order valence-corrected chi connectivity index (χ2v) is 6.57. The molecule has 0 aliphatic heterocycles. The van der Waals surface area contributed by atoms with Crippen LogP contribution in [-0.4, -0.2) is 37.0 Å². The average molecular weight is 329 g/mol. The monoisotopic (exact) mass is 328 g/mol. The molecular formula is C17H29ClN2O2. The van der Waals surface area contributed by atoms with Crippen molar-refractivity contribution in [3.8, 4) is 5.75 Å². The molecule has 5 heteroatoms. The number of nitrogens with two attached hydrogens (primary N) is 1. The average Bonchev–Trinajstić information content (AvgIpc) is 2.40. The highest BCUT2D eigenvalue weighted by molar-refractivity contribution is 5.85. The number of carbonyl (C=O) groups excluding carboxylic acids is 1. The summed E-state index contributed by atoms with van der Waals surface area (Å²) in [5.41, 5.74) is 6.58. The van der Waals surface area contributed by atoms with E-state index in [1.165, 1.54) is 0 Å². The van der Waals surface area contributed by atoms with E-state index >= 15 is 0 Å². The van der Waals surface area contributed by atoms with Crippen molar-refractivity contribution >= 4 is 18.3 Å². The lowest BCUT2D eigenvalue weighted by molar-refractivity contribution is -0.130. The molecule has 0 radical (unpaired) electrons. The summed E-state index contributed by atoms with van der Waals surface area (Å²) in [4.78, 5) is 14.1. The highest BCUT2D eigenvalue weighted by Gasteiger charge is 2.21. The van der Waals surface area contributed by atoms with Crippen LogP contribution in [0.5, 0.6) is 5.75 Å². The van der Waals surface area contributed by atoms with Crippen LogP contribution in [0.4, 0.5) is 0 Å². The number of nitrogens with zero attached hydrogens (tertiary/aromatic N) is 1. The number of hydrogen-bond acceptors (Lipinski definition) is 3. The van der Waals surface area contributed by atoms with E-state index in [4.69, 9.17) is 10.5 Å². The zero-order valence-electron chi connectivity index (χ0n) is 14.3. The van der Waals surface area contributed by atoms with Crippen molar-refractivity contribution in [1.82, 2.24) is 4.90 Å². The molecule has 0 bridgehead atoms. The number of halogens is 1. The molecule has 0 fully saturated rings. The summed E-state index contributed by atoms with van der Waals surface area (Å²) < 4.78 is 5.76. The highest BCUT2D eigenvalue weighted by Crippen LogP contribution is 2.21. The van der Waals surface area contributed by atoms with Gasteiger partial charge in [-0.1, -0.05) is 32.0 Å². The normalized spacial score (nSPS) is 11.0. The number of hydrogen-bond donors (Lipinski definition) is 1. The minimum atomic E-state index is -0.0711. The van der Waals surface area contributed by atoms with Gasteiger partial charge in [0.25, 0.3) is 0 Å². The van der Waals surface area contributed by atoms with Gasteiger partial charge in [0.15, 0.2) is 0 Å². The molecule has 0 spiro atoms. The summed E-state index contributed by atoms with van der Waals surface area (Å²) >= 11 is 0. The summed E-state index contributed by atoms with van der Waals surface area (Å²) in [6.45, 7) is 9.29. The summed E-state index contributed by atoms with van der Waals surface area (Å²) in [7, 11) is 1.83. The Labute approximate surface area is 140 Å². The number of carbonyl (C=O) groups is 1. The van der Waals surface area contributed by atoms with Crippen LogP contribution in [0.2, 0.25) is 0 Å². The molecule has 1 amide bonds. The zero-order valence-corrected chi connectivity index (χ0v) is 15.1. The van der Waals surface area contributed by atoms with Crippen molar-refractivity contribution in [1.29, 1.82) is 0 Å². The fourth-order valence-electron chi connectivity index (χ4n) is 2.11. The van der Waals surface area contributed by atoms with Crippen LogP contribution in [0.1, 0.15) is 33.3 Å². The van der Waals surface area contributed by atoms with Crippen LogP contribution in [0.15, 0.2) is 24.3 Å². The van der Waals surface area contributed by atoms with Gasteiger partial charge >= 0.3 is 0 Å². The number of likely N-dealkylation sites (N-methyl/N-ethyl adjacent to an activating group) is 1. The molecule has 0 saturated heterocycles. The first kappa shape index (κ1) is 20.7. The second kappa shape index (κ2) is 9.01. The quantitative estimate of drug-likeness (QED) is 0.837. The fourth-order valence-corrected chi connectivity index (χ4v) is 2.11. The summed E-state index contributed by atoms with van der Waals surface area (Å²) in [5, 5.41) is 0. The van der Waals surface area contributed by atoms with E-state index in [0.717, 1.165) is 11.3 Å². The van der Waals surface area contributed by atoms with E-state index in [9.17, 15) is 4.79 Å². The Morgan fingerprint density at radius 1 is 1.32 bits per heavy atom. The van der Waals surface area contributed by atoms with Crippen molar-refractivity contribution in [2.24, 2.45) is 11.1 Å². The van der Waals surface area contributed by atoms with Gasteiger partial charge in [-0.25, -0.2) is 0 Å². The van der Waals surface area contributed by atoms with E-state index in [1.807, 2.05) is 45.2 Å². The lowest BCUT2D eigenvalue weighted by atomic mass is 9.93. The van der Waals surface area contributed by atoms with Gasteiger partial charge in [0.1, 0.15) is 5.75 Å². The maximum Gasteiger partial charge on any atom is 0.226 e. The van der Waals surface area contributed by atoms with Gasteiger partial charge in [-0.05, 0) is 31.9 Å². The Hall–Kier alpha value is -1.26. The van der Waals surface area contributed by atoms with E-state index in [0.29, 0.717) is 19.5 Å². The molecule has 126 valence electrons. The minimum Gasteiger partial charge on any atom is -0.491 e. The molecule has 0 atom stereocenters. The number of ether oxygens (including phenoxy) is 1. The Bertz CT molecular complexity index is 475. The SMILES string of the molecule is CC(C)Oc1ccccc1CC(=O)N(C)CC(C)(C)CN.Cl. The molecule has 4 nitrogen and oxygen atoms in total. The summed E-state index contributed by atoms with van der Waals surface area (Å²) in [6, 6.07) is 7.70. The maximum atomic E-state index is 12.4. The van der Waals surface area contributed by atoms with Crippen molar-refractivity contribution in [2.45, 2.75) is 40.2 Å². The van der Waals surface area contributed by atoms with Crippen LogP contribution in [0, 0.1) is 5.41 Å². The van der Waals surface area contributed by atoms with Crippen molar-refractivity contribution in [3.05, 3.63) is 29.8 Å². The predicted octanol–water partition coefficient (Wildman–Crippen LogP) is 2.88. The molecule has 0 unspecified atom stereocenters. The maximum absolute atomic E-state index is 12.4. The molecule has 1 aromatic carbocycles. The molecular weight excluding hydrogens is 300 g/mol. The number of para-hydroxylation sites is 1. The zero-order chi connectivity index (χ0) is 16.0. The van der Waals surface area contributed by atoms with Gasteiger partial charge in [0.2, 0.25) is 5.91 Å². The van der Waals surface area contributed by atoms with Gasteiger partial charge in [-0.3, -0.25) is 4.79 Å². The smallest absolute Gasteiger partial charge is 0.226 e. The molecule has 0 aliphatic rings. The van der Waals surface area contributed by atoms with Gasteiger partial charge in [-0.15, -0.1) is 12.4 Å². The molecule has 1 rings (SSSR count). The number of rotatable bonds is 7. The van der Waals surface area contributed by atoms with E-state index in [-0.39, 0.29) is 29.8 Å². The third kappa shape index (κ3) is 6.67. The largest absolute Gasteiger partial charge is 0.491 e. The highest BCUT2D eigenvalue weighted by atomic mass is 35.5. The Balaban J connectivity index is 0.00000441. The Kier molecular flexibility index (Phi) is 8.49. The van der Waals surface area contributed by atoms with Crippen LogP contribution in [-0.2, 0) is 11.2 Å². The minimum absolute atomic E-state index is 0. The number of benzene rings is 1. The molecule has 1 aromatic rings. The third-order valence-corrected chi connectivity index (χ3v) is 3.32. The summed E-state index contributed by atoms with van der Waals surface area (Å²) in [6.07, 6.45) is 0.440. The van der Waals surface area contributed by atoms with Crippen LogP contribution >= 0.6 is 12.4 Å². The second-order valence-electron chi connectivity index (χ2n) is 6.57. The van der Waals surface area contributed by atoms with Crippen molar-refractivity contribution in [3.63, 3.8) is 0 Å². The first-order valence-electron chi connectivity index (χ1n) is 7.44. The predicted molar refractivity (Wildman–Crippen MR) is 93.6 cm³/mol. The number of amides is 1. The first-order chi connectivity index (χ1) is 9.75. The van der Waals surface area contributed by atoms with Gasteiger partial charge in [0, 0.05) is 19.2 Å². The Morgan fingerprint density at radius 2 is 1.91 bits per heavy atom. The fraction of sp³-hybridized carbons (Fsp3) is 0.588. The molecule has 0 heterocycles. The lowest BCUT2D eigenvalue weighted by Crippen LogP contribution is -2.40. The molecule has 0 aliphatic carbocycles. The van der Waals surface area contributed by atoms with Crippen LogP contribution in [0.25, 0.3) is 0 Å². The Morgan fingerprint density at radius 3 is 2.45 bits per heavy atom. The van der Waals surface area contributed by atoms with E-state index in [2.05, 4.69) is 13.8 Å². The standard InChI is InChI=1S/C17H28N2O2.ClH/c1-13(2)21-15-9-7-6-8-14(15)10-16(20)19(5)12-17(3,4)11-18;/h6-9,13H,10-12,18H2,1-5H3;1H. The van der Waals surface area contributed by atoms with Gasteiger partial charge in [0.05, 0.1) is 12.5 Å². The molecule has 0 aromatic heterocycles. The molecule has 22 heavy (non-hydrogen) atoms. The van der Waals surface area contributed by atoms with Crippen molar-refractivity contribution in [2.75, 3.05) is 20.1 Å². The van der Waals surface area contributed by atoms with Crippen LogP contribution < -0.4 is 10.5 Å². The molecule has 0 saturated carbocycles. The van der Waals surface area contributed by atoms with Gasteiger partial charge in [-0.2, -0.15) is 0 Å². The first-order valence-corrected chi connectivity index (χ1v) is 7.44.